The predicted molar refractivity (Wildman–Crippen MR) is 73.6 cm³/mol. The van der Waals surface area contributed by atoms with E-state index in [0.717, 1.165) is 11.3 Å². The van der Waals surface area contributed by atoms with E-state index in [-0.39, 0.29) is 12.5 Å². The summed E-state index contributed by atoms with van der Waals surface area (Å²) in [5, 5.41) is 11.6. The molecule has 100 valence electrons. The number of carbonyl (C=O) groups excluding carboxylic acids is 1. The molecule has 0 bridgehead atoms. The van der Waals surface area contributed by atoms with Gasteiger partial charge in [0.15, 0.2) is 0 Å². The van der Waals surface area contributed by atoms with Gasteiger partial charge in [-0.2, -0.15) is 0 Å². The van der Waals surface area contributed by atoms with E-state index >= 15 is 0 Å². The summed E-state index contributed by atoms with van der Waals surface area (Å²) in [5.41, 5.74) is 10.0. The van der Waals surface area contributed by atoms with Crippen LogP contribution in [0.1, 0.15) is 29.5 Å². The standard InChI is InChI=1S/C14H22N2O2/c1-9-6-7-13(11(3)10(9)2)16-14(18)12(15)5-4-8-17/h6-7,12,17H,4-5,8,15H2,1-3H3,(H,16,18). The smallest absolute Gasteiger partial charge is 0.241 e. The fraction of sp³-hybridized carbons (Fsp3) is 0.500. The van der Waals surface area contributed by atoms with Crippen molar-refractivity contribution in [1.29, 1.82) is 0 Å². The second-order valence-corrected chi connectivity index (χ2v) is 4.64. The second-order valence-electron chi connectivity index (χ2n) is 4.64. The summed E-state index contributed by atoms with van der Waals surface area (Å²) in [4.78, 5) is 11.8. The van der Waals surface area contributed by atoms with E-state index < -0.39 is 6.04 Å². The van der Waals surface area contributed by atoms with E-state index in [0.29, 0.717) is 12.8 Å². The number of amides is 1. The molecule has 0 radical (unpaired) electrons. The quantitative estimate of drug-likeness (QED) is 0.743. The third-order valence-electron chi connectivity index (χ3n) is 3.33. The second kappa shape index (κ2) is 6.52. The number of carbonyl (C=O) groups is 1. The highest BCUT2D eigenvalue weighted by Gasteiger charge is 2.14. The van der Waals surface area contributed by atoms with Gasteiger partial charge in [0.25, 0.3) is 0 Å². The maximum absolute atomic E-state index is 11.8. The molecule has 0 aliphatic rings. The Labute approximate surface area is 108 Å². The summed E-state index contributed by atoms with van der Waals surface area (Å²) in [6, 6.07) is 3.31. The lowest BCUT2D eigenvalue weighted by atomic mass is 10.0. The molecule has 0 heterocycles. The molecular formula is C14H22N2O2. The van der Waals surface area contributed by atoms with Crippen LogP contribution < -0.4 is 11.1 Å². The summed E-state index contributed by atoms with van der Waals surface area (Å²) in [6.07, 6.45) is 1.03. The summed E-state index contributed by atoms with van der Waals surface area (Å²) in [5.74, 6) is -0.199. The SMILES string of the molecule is Cc1ccc(NC(=O)C(N)CCCO)c(C)c1C. The Balaban J connectivity index is 2.73. The molecule has 4 N–H and O–H groups in total. The summed E-state index contributed by atoms with van der Waals surface area (Å²) >= 11 is 0. The van der Waals surface area contributed by atoms with Gasteiger partial charge in [0.2, 0.25) is 5.91 Å². The number of aryl methyl sites for hydroxylation is 1. The highest BCUT2D eigenvalue weighted by molar-refractivity contribution is 5.95. The van der Waals surface area contributed by atoms with Crippen molar-refractivity contribution in [3.05, 3.63) is 28.8 Å². The zero-order valence-corrected chi connectivity index (χ0v) is 11.3. The zero-order chi connectivity index (χ0) is 13.7. The Kier molecular flexibility index (Phi) is 5.31. The van der Waals surface area contributed by atoms with Gasteiger partial charge in [-0.3, -0.25) is 4.79 Å². The lowest BCUT2D eigenvalue weighted by Crippen LogP contribution is -2.35. The van der Waals surface area contributed by atoms with Crippen molar-refractivity contribution in [2.75, 3.05) is 11.9 Å². The lowest BCUT2D eigenvalue weighted by Gasteiger charge is -2.15. The summed E-state index contributed by atoms with van der Waals surface area (Å²) in [7, 11) is 0. The maximum atomic E-state index is 11.8. The zero-order valence-electron chi connectivity index (χ0n) is 11.3. The van der Waals surface area contributed by atoms with Gasteiger partial charge in [-0.1, -0.05) is 6.07 Å². The van der Waals surface area contributed by atoms with Crippen LogP contribution in [0.3, 0.4) is 0 Å². The molecule has 1 atom stereocenters. The molecule has 1 rings (SSSR count). The van der Waals surface area contributed by atoms with Crippen LogP contribution in [0.4, 0.5) is 5.69 Å². The first-order valence-corrected chi connectivity index (χ1v) is 6.21. The molecule has 0 aliphatic heterocycles. The molecule has 1 unspecified atom stereocenters. The molecule has 18 heavy (non-hydrogen) atoms. The van der Waals surface area contributed by atoms with Crippen molar-refractivity contribution in [3.63, 3.8) is 0 Å². The van der Waals surface area contributed by atoms with Gasteiger partial charge in [-0.25, -0.2) is 0 Å². The largest absolute Gasteiger partial charge is 0.396 e. The van der Waals surface area contributed by atoms with Crippen LogP contribution in [-0.2, 0) is 4.79 Å². The fourth-order valence-corrected chi connectivity index (χ4v) is 1.76. The van der Waals surface area contributed by atoms with Crippen molar-refractivity contribution >= 4 is 11.6 Å². The Morgan fingerprint density at radius 2 is 2.00 bits per heavy atom. The van der Waals surface area contributed by atoms with Crippen molar-refractivity contribution < 1.29 is 9.90 Å². The fourth-order valence-electron chi connectivity index (χ4n) is 1.76. The summed E-state index contributed by atoms with van der Waals surface area (Å²) in [6.45, 7) is 6.12. The van der Waals surface area contributed by atoms with Crippen molar-refractivity contribution in [1.82, 2.24) is 0 Å². The number of nitrogens with two attached hydrogens (primary N) is 1. The van der Waals surface area contributed by atoms with E-state index in [4.69, 9.17) is 10.8 Å². The number of aliphatic hydroxyl groups is 1. The number of rotatable bonds is 5. The van der Waals surface area contributed by atoms with Crippen LogP contribution >= 0.6 is 0 Å². The first kappa shape index (κ1) is 14.7. The van der Waals surface area contributed by atoms with Crippen LogP contribution in [0.2, 0.25) is 0 Å². The van der Waals surface area contributed by atoms with Crippen molar-refractivity contribution in [3.8, 4) is 0 Å². The molecule has 0 aromatic heterocycles. The topological polar surface area (TPSA) is 75.4 Å². The normalized spacial score (nSPS) is 12.3. The van der Waals surface area contributed by atoms with Gasteiger partial charge >= 0.3 is 0 Å². The Morgan fingerprint density at radius 1 is 1.33 bits per heavy atom. The Morgan fingerprint density at radius 3 is 2.61 bits per heavy atom. The van der Waals surface area contributed by atoms with E-state index in [2.05, 4.69) is 5.32 Å². The molecule has 1 amide bonds. The van der Waals surface area contributed by atoms with Gasteiger partial charge in [-0.15, -0.1) is 0 Å². The molecule has 1 aromatic rings. The van der Waals surface area contributed by atoms with Crippen LogP contribution in [0.15, 0.2) is 12.1 Å². The number of benzene rings is 1. The van der Waals surface area contributed by atoms with Crippen LogP contribution in [0.5, 0.6) is 0 Å². The monoisotopic (exact) mass is 250 g/mol. The highest BCUT2D eigenvalue weighted by atomic mass is 16.3. The van der Waals surface area contributed by atoms with Gasteiger partial charge < -0.3 is 16.2 Å². The van der Waals surface area contributed by atoms with E-state index in [9.17, 15) is 4.79 Å². The highest BCUT2D eigenvalue weighted by Crippen LogP contribution is 2.21. The maximum Gasteiger partial charge on any atom is 0.241 e. The first-order chi connectivity index (χ1) is 8.47. The van der Waals surface area contributed by atoms with Gasteiger partial charge in [0, 0.05) is 12.3 Å². The number of anilines is 1. The van der Waals surface area contributed by atoms with Gasteiger partial charge in [-0.05, 0) is 56.4 Å². The number of hydrogen-bond donors (Lipinski definition) is 3. The van der Waals surface area contributed by atoms with Crippen LogP contribution in [0, 0.1) is 20.8 Å². The minimum absolute atomic E-state index is 0.0592. The van der Waals surface area contributed by atoms with E-state index in [1.54, 1.807) is 0 Å². The van der Waals surface area contributed by atoms with Crippen molar-refractivity contribution in [2.45, 2.75) is 39.7 Å². The molecule has 4 nitrogen and oxygen atoms in total. The van der Waals surface area contributed by atoms with E-state index in [1.807, 2.05) is 32.9 Å². The minimum atomic E-state index is -0.571. The van der Waals surface area contributed by atoms with Gasteiger partial charge in [0.05, 0.1) is 6.04 Å². The predicted octanol–water partition coefficient (Wildman–Crippen LogP) is 1.65. The molecule has 0 saturated heterocycles. The van der Waals surface area contributed by atoms with Crippen LogP contribution in [0.25, 0.3) is 0 Å². The Bertz CT molecular complexity index is 430. The molecular weight excluding hydrogens is 228 g/mol. The number of nitrogens with one attached hydrogen (secondary N) is 1. The molecule has 0 aliphatic carbocycles. The summed E-state index contributed by atoms with van der Waals surface area (Å²) < 4.78 is 0. The average Bonchev–Trinajstić information content (AvgIpc) is 2.36. The number of aliphatic hydroxyl groups excluding tert-OH is 1. The van der Waals surface area contributed by atoms with Crippen LogP contribution in [-0.4, -0.2) is 23.7 Å². The van der Waals surface area contributed by atoms with Crippen molar-refractivity contribution in [2.24, 2.45) is 5.73 Å². The third kappa shape index (κ3) is 3.55. The molecule has 0 saturated carbocycles. The Hall–Kier alpha value is -1.39. The molecule has 1 aromatic carbocycles. The molecule has 0 fully saturated rings. The molecule has 4 heteroatoms. The lowest BCUT2D eigenvalue weighted by molar-refractivity contribution is -0.117. The number of hydrogen-bond acceptors (Lipinski definition) is 3. The first-order valence-electron chi connectivity index (χ1n) is 6.21. The van der Waals surface area contributed by atoms with Gasteiger partial charge in [0.1, 0.15) is 0 Å². The third-order valence-corrected chi connectivity index (χ3v) is 3.33. The average molecular weight is 250 g/mol. The molecule has 0 spiro atoms. The minimum Gasteiger partial charge on any atom is -0.396 e. The van der Waals surface area contributed by atoms with E-state index in [1.165, 1.54) is 11.1 Å².